The summed E-state index contributed by atoms with van der Waals surface area (Å²) < 4.78 is 0.807. The molecule has 0 aliphatic heterocycles. The Morgan fingerprint density at radius 3 is 2.47 bits per heavy atom. The van der Waals surface area contributed by atoms with Crippen LogP contribution in [-0.2, 0) is 4.79 Å². The zero-order chi connectivity index (χ0) is 14.0. The lowest BCUT2D eigenvalue weighted by atomic mass is 10.1. The topological polar surface area (TPSA) is 63.4 Å². The number of hydrogen-bond acceptors (Lipinski definition) is 3. The molecule has 2 amide bonds. The Balaban J connectivity index is 2.24. The molecule has 2 rings (SSSR count). The third kappa shape index (κ3) is 3.41. The molecule has 1 fully saturated rings. The zero-order valence-electron chi connectivity index (χ0n) is 10.2. The highest BCUT2D eigenvalue weighted by atomic mass is 35.5. The van der Waals surface area contributed by atoms with Gasteiger partial charge in [-0.3, -0.25) is 9.59 Å². The molecule has 0 radical (unpaired) electrons. The van der Waals surface area contributed by atoms with Crippen LogP contribution in [-0.4, -0.2) is 29.3 Å². The Morgan fingerprint density at radius 2 is 2.00 bits per heavy atom. The first-order valence-corrected chi connectivity index (χ1v) is 7.60. The van der Waals surface area contributed by atoms with E-state index in [1.54, 1.807) is 6.07 Å². The third-order valence-electron chi connectivity index (χ3n) is 3.24. The number of nitrogens with two attached hydrogens (primary N) is 1. The van der Waals surface area contributed by atoms with Crippen molar-refractivity contribution >= 4 is 46.4 Å². The van der Waals surface area contributed by atoms with E-state index < -0.39 is 5.91 Å². The van der Waals surface area contributed by atoms with Gasteiger partial charge in [-0.15, -0.1) is 11.3 Å². The van der Waals surface area contributed by atoms with Gasteiger partial charge in [0, 0.05) is 6.04 Å². The normalized spacial score (nSPS) is 15.7. The lowest BCUT2D eigenvalue weighted by Gasteiger charge is -2.27. The van der Waals surface area contributed by atoms with Crippen LogP contribution in [0.4, 0.5) is 0 Å². The molecular formula is C12H14Cl2N2O2S. The molecule has 1 heterocycles. The molecule has 19 heavy (non-hydrogen) atoms. The average molecular weight is 321 g/mol. The molecule has 0 bridgehead atoms. The highest BCUT2D eigenvalue weighted by Crippen LogP contribution is 2.33. The Labute approximate surface area is 125 Å². The monoisotopic (exact) mass is 320 g/mol. The summed E-state index contributed by atoms with van der Waals surface area (Å²) in [6.07, 6.45) is 3.92. The average Bonchev–Trinajstić information content (AvgIpc) is 2.94. The molecule has 0 aromatic carbocycles. The maximum atomic E-state index is 12.5. The number of halogens is 2. The van der Waals surface area contributed by atoms with Gasteiger partial charge >= 0.3 is 0 Å². The van der Waals surface area contributed by atoms with Gasteiger partial charge in [-0.2, -0.15) is 0 Å². The van der Waals surface area contributed by atoms with E-state index in [9.17, 15) is 9.59 Å². The second-order valence-corrected chi connectivity index (χ2v) is 6.86. The lowest BCUT2D eigenvalue weighted by Crippen LogP contribution is -2.44. The molecule has 104 valence electrons. The number of primary amides is 1. The van der Waals surface area contributed by atoms with E-state index in [-0.39, 0.29) is 18.5 Å². The van der Waals surface area contributed by atoms with Crippen LogP contribution < -0.4 is 5.73 Å². The van der Waals surface area contributed by atoms with Crippen LogP contribution in [0.25, 0.3) is 0 Å². The smallest absolute Gasteiger partial charge is 0.257 e. The molecule has 1 aromatic heterocycles. The first-order chi connectivity index (χ1) is 8.99. The minimum Gasteiger partial charge on any atom is -0.368 e. The van der Waals surface area contributed by atoms with Gasteiger partial charge < -0.3 is 10.6 Å². The number of carbonyl (C=O) groups is 2. The maximum Gasteiger partial charge on any atom is 0.257 e. The Hall–Kier alpha value is -0.780. The second-order valence-electron chi connectivity index (χ2n) is 4.58. The largest absolute Gasteiger partial charge is 0.368 e. The second kappa shape index (κ2) is 6.11. The summed E-state index contributed by atoms with van der Waals surface area (Å²) in [6.45, 7) is -0.0761. The van der Waals surface area contributed by atoms with Crippen molar-refractivity contribution < 1.29 is 9.59 Å². The quantitative estimate of drug-likeness (QED) is 0.927. The summed E-state index contributed by atoms with van der Waals surface area (Å²) in [7, 11) is 0. The maximum absolute atomic E-state index is 12.5. The van der Waals surface area contributed by atoms with Gasteiger partial charge in [0.05, 0.1) is 16.4 Å². The van der Waals surface area contributed by atoms with Crippen molar-refractivity contribution in [3.05, 3.63) is 20.3 Å². The van der Waals surface area contributed by atoms with Crippen molar-refractivity contribution in [1.29, 1.82) is 0 Å². The summed E-state index contributed by atoms with van der Waals surface area (Å²) >= 11 is 13.0. The van der Waals surface area contributed by atoms with E-state index in [0.717, 1.165) is 37.0 Å². The molecule has 2 N–H and O–H groups in total. The Kier molecular flexibility index (Phi) is 4.71. The molecule has 7 heteroatoms. The van der Waals surface area contributed by atoms with Gasteiger partial charge in [-0.05, 0) is 18.9 Å². The van der Waals surface area contributed by atoms with Crippen molar-refractivity contribution in [1.82, 2.24) is 4.90 Å². The van der Waals surface area contributed by atoms with E-state index in [1.165, 1.54) is 4.90 Å². The molecule has 0 saturated heterocycles. The highest BCUT2D eigenvalue weighted by Gasteiger charge is 2.30. The van der Waals surface area contributed by atoms with E-state index in [1.807, 2.05) is 0 Å². The van der Waals surface area contributed by atoms with Gasteiger partial charge in [0.1, 0.15) is 4.34 Å². The lowest BCUT2D eigenvalue weighted by molar-refractivity contribution is -0.119. The summed E-state index contributed by atoms with van der Waals surface area (Å²) in [6, 6.07) is 1.61. The number of rotatable bonds is 4. The van der Waals surface area contributed by atoms with Gasteiger partial charge in [-0.25, -0.2) is 0 Å². The van der Waals surface area contributed by atoms with Crippen LogP contribution in [0.2, 0.25) is 8.67 Å². The van der Waals surface area contributed by atoms with Crippen LogP contribution >= 0.6 is 34.5 Å². The molecule has 4 nitrogen and oxygen atoms in total. The fourth-order valence-corrected chi connectivity index (χ4v) is 3.84. The summed E-state index contributed by atoms with van der Waals surface area (Å²) in [4.78, 5) is 25.2. The van der Waals surface area contributed by atoms with Crippen molar-refractivity contribution in [3.8, 4) is 0 Å². The first-order valence-electron chi connectivity index (χ1n) is 6.03. The summed E-state index contributed by atoms with van der Waals surface area (Å²) in [5, 5.41) is 0. The van der Waals surface area contributed by atoms with Crippen LogP contribution in [0.5, 0.6) is 0 Å². The molecule has 1 aromatic rings. The van der Waals surface area contributed by atoms with Crippen LogP contribution in [0.15, 0.2) is 6.07 Å². The minimum atomic E-state index is -0.516. The SMILES string of the molecule is NC(=O)CN(C(=O)c1cc(Cl)sc1Cl)C1CCCC1. The molecule has 1 saturated carbocycles. The predicted molar refractivity (Wildman–Crippen MR) is 76.8 cm³/mol. The number of thiophene rings is 1. The zero-order valence-corrected chi connectivity index (χ0v) is 12.5. The van der Waals surface area contributed by atoms with Crippen molar-refractivity contribution in [2.24, 2.45) is 5.73 Å². The molecular weight excluding hydrogens is 307 g/mol. The number of hydrogen-bond donors (Lipinski definition) is 1. The Morgan fingerprint density at radius 1 is 1.37 bits per heavy atom. The van der Waals surface area contributed by atoms with E-state index in [0.29, 0.717) is 14.2 Å². The fraction of sp³-hybridized carbons (Fsp3) is 0.500. The third-order valence-corrected chi connectivity index (χ3v) is 4.73. The van der Waals surface area contributed by atoms with Crippen LogP contribution in [0.3, 0.4) is 0 Å². The van der Waals surface area contributed by atoms with Crippen LogP contribution in [0, 0.1) is 0 Å². The summed E-state index contributed by atoms with van der Waals surface area (Å²) in [5.41, 5.74) is 5.58. The van der Waals surface area contributed by atoms with Crippen LogP contribution in [0.1, 0.15) is 36.0 Å². The van der Waals surface area contributed by atoms with E-state index >= 15 is 0 Å². The standard InChI is InChI=1S/C12H14Cl2N2O2S/c13-9-5-8(11(14)19-9)12(18)16(6-10(15)17)7-3-1-2-4-7/h5,7H,1-4,6H2,(H2,15,17). The van der Waals surface area contributed by atoms with E-state index in [2.05, 4.69) is 0 Å². The molecule has 1 aliphatic carbocycles. The van der Waals surface area contributed by atoms with Gasteiger partial charge in [0.15, 0.2) is 0 Å². The Bertz CT molecular complexity index is 498. The molecule has 0 spiro atoms. The molecule has 0 unspecified atom stereocenters. The molecule has 0 atom stereocenters. The predicted octanol–water partition coefficient (Wildman–Crippen LogP) is 2.93. The van der Waals surface area contributed by atoms with Crippen molar-refractivity contribution in [2.75, 3.05) is 6.54 Å². The number of amides is 2. The van der Waals surface area contributed by atoms with Gasteiger partial charge in [0.25, 0.3) is 5.91 Å². The number of carbonyl (C=O) groups excluding carboxylic acids is 2. The highest BCUT2D eigenvalue weighted by molar-refractivity contribution is 7.20. The first kappa shape index (κ1) is 14.6. The fourth-order valence-electron chi connectivity index (χ4n) is 2.39. The minimum absolute atomic E-state index is 0.0646. The molecule has 1 aliphatic rings. The number of nitrogens with zero attached hydrogens (tertiary/aromatic N) is 1. The van der Waals surface area contributed by atoms with Crippen molar-refractivity contribution in [2.45, 2.75) is 31.7 Å². The van der Waals surface area contributed by atoms with Gasteiger partial charge in [-0.1, -0.05) is 36.0 Å². The van der Waals surface area contributed by atoms with Crippen molar-refractivity contribution in [3.63, 3.8) is 0 Å². The van der Waals surface area contributed by atoms with E-state index in [4.69, 9.17) is 28.9 Å². The summed E-state index contributed by atoms with van der Waals surface area (Å²) in [5.74, 6) is -0.781. The van der Waals surface area contributed by atoms with Gasteiger partial charge in [0.2, 0.25) is 5.91 Å².